The van der Waals surface area contributed by atoms with Crippen LogP contribution in [0.5, 0.6) is 0 Å². The summed E-state index contributed by atoms with van der Waals surface area (Å²) in [4.78, 5) is 2.30. The monoisotopic (exact) mass is 128 g/mol. The number of hydrogen-bond acceptors (Lipinski definition) is 2. The number of likely N-dealkylation sites (tertiary alicyclic amines) is 1. The van der Waals surface area contributed by atoms with Crippen LogP contribution in [-0.4, -0.2) is 31.1 Å². The SMILES string of the molecule is CCC1CN(C)CC1N. The molecular formula is C7H16N2. The van der Waals surface area contributed by atoms with Gasteiger partial charge in [-0.05, 0) is 13.0 Å². The minimum atomic E-state index is 0.431. The molecule has 2 atom stereocenters. The highest BCUT2D eigenvalue weighted by atomic mass is 15.1. The van der Waals surface area contributed by atoms with Crippen LogP contribution in [0.4, 0.5) is 0 Å². The van der Waals surface area contributed by atoms with E-state index in [1.165, 1.54) is 13.0 Å². The lowest BCUT2D eigenvalue weighted by molar-refractivity contribution is 0.392. The minimum absolute atomic E-state index is 0.431. The van der Waals surface area contributed by atoms with E-state index in [-0.39, 0.29) is 0 Å². The summed E-state index contributed by atoms with van der Waals surface area (Å²) < 4.78 is 0. The molecule has 0 aromatic heterocycles. The average Bonchev–Trinajstić information content (AvgIpc) is 2.10. The van der Waals surface area contributed by atoms with E-state index in [0.29, 0.717) is 6.04 Å². The van der Waals surface area contributed by atoms with E-state index >= 15 is 0 Å². The molecule has 0 aromatic carbocycles. The lowest BCUT2D eigenvalue weighted by Gasteiger charge is -2.09. The van der Waals surface area contributed by atoms with E-state index in [0.717, 1.165) is 12.5 Å². The summed E-state index contributed by atoms with van der Waals surface area (Å²) >= 11 is 0. The molecule has 54 valence electrons. The van der Waals surface area contributed by atoms with E-state index in [4.69, 9.17) is 5.73 Å². The van der Waals surface area contributed by atoms with Crippen molar-refractivity contribution in [1.29, 1.82) is 0 Å². The van der Waals surface area contributed by atoms with Gasteiger partial charge in [-0.1, -0.05) is 13.3 Å². The molecule has 0 spiro atoms. The molecule has 0 radical (unpaired) electrons. The van der Waals surface area contributed by atoms with Crippen LogP contribution in [0.1, 0.15) is 13.3 Å². The predicted molar refractivity (Wildman–Crippen MR) is 39.3 cm³/mol. The molecule has 9 heavy (non-hydrogen) atoms. The first-order chi connectivity index (χ1) is 4.24. The van der Waals surface area contributed by atoms with Gasteiger partial charge in [-0.15, -0.1) is 0 Å². The molecule has 0 aliphatic carbocycles. The molecule has 1 aliphatic rings. The highest BCUT2D eigenvalue weighted by Gasteiger charge is 2.25. The van der Waals surface area contributed by atoms with Crippen molar-refractivity contribution >= 4 is 0 Å². The topological polar surface area (TPSA) is 29.3 Å². The molecule has 1 rings (SSSR count). The summed E-state index contributed by atoms with van der Waals surface area (Å²) in [6.07, 6.45) is 1.23. The molecule has 2 N–H and O–H groups in total. The second kappa shape index (κ2) is 2.67. The molecule has 1 heterocycles. The summed E-state index contributed by atoms with van der Waals surface area (Å²) in [6.45, 7) is 4.49. The van der Waals surface area contributed by atoms with Gasteiger partial charge in [0.2, 0.25) is 0 Å². The fourth-order valence-electron chi connectivity index (χ4n) is 1.55. The van der Waals surface area contributed by atoms with Crippen LogP contribution < -0.4 is 5.73 Å². The molecule has 0 amide bonds. The summed E-state index contributed by atoms with van der Waals surface area (Å²) in [6, 6.07) is 0.431. The van der Waals surface area contributed by atoms with Crippen molar-refractivity contribution < 1.29 is 0 Å². The average molecular weight is 128 g/mol. The van der Waals surface area contributed by atoms with Crippen LogP contribution in [0.25, 0.3) is 0 Å². The van der Waals surface area contributed by atoms with Crippen molar-refractivity contribution in [2.75, 3.05) is 20.1 Å². The number of nitrogens with zero attached hydrogens (tertiary/aromatic N) is 1. The molecule has 1 aliphatic heterocycles. The Morgan fingerprint density at radius 2 is 2.22 bits per heavy atom. The Hall–Kier alpha value is -0.0800. The first-order valence-electron chi connectivity index (χ1n) is 3.68. The number of likely N-dealkylation sites (N-methyl/N-ethyl adjacent to an activating group) is 1. The quantitative estimate of drug-likeness (QED) is 0.550. The van der Waals surface area contributed by atoms with Gasteiger partial charge in [0.1, 0.15) is 0 Å². The Morgan fingerprint density at radius 3 is 2.44 bits per heavy atom. The second-order valence-corrected chi connectivity index (χ2v) is 3.05. The maximum atomic E-state index is 5.84. The fourth-order valence-corrected chi connectivity index (χ4v) is 1.55. The molecule has 0 aromatic rings. The van der Waals surface area contributed by atoms with E-state index in [1.807, 2.05) is 0 Å². The highest BCUT2D eigenvalue weighted by molar-refractivity contribution is 4.83. The van der Waals surface area contributed by atoms with Gasteiger partial charge in [0.05, 0.1) is 0 Å². The predicted octanol–water partition coefficient (Wildman–Crippen LogP) is 0.285. The van der Waals surface area contributed by atoms with E-state index < -0.39 is 0 Å². The lowest BCUT2D eigenvalue weighted by atomic mass is 10.0. The Bertz CT molecular complexity index is 92.9. The normalized spacial score (nSPS) is 37.7. The second-order valence-electron chi connectivity index (χ2n) is 3.05. The van der Waals surface area contributed by atoms with Gasteiger partial charge in [0, 0.05) is 19.1 Å². The summed E-state index contributed by atoms with van der Waals surface area (Å²) in [5.41, 5.74) is 5.84. The van der Waals surface area contributed by atoms with Gasteiger partial charge in [-0.25, -0.2) is 0 Å². The van der Waals surface area contributed by atoms with E-state index in [2.05, 4.69) is 18.9 Å². The molecular weight excluding hydrogens is 112 g/mol. The van der Waals surface area contributed by atoms with Crippen LogP contribution in [0.15, 0.2) is 0 Å². The zero-order valence-electron chi connectivity index (χ0n) is 6.30. The number of rotatable bonds is 1. The Balaban J connectivity index is 2.38. The largest absolute Gasteiger partial charge is 0.326 e. The van der Waals surface area contributed by atoms with Crippen molar-refractivity contribution in [3.8, 4) is 0 Å². The van der Waals surface area contributed by atoms with Crippen molar-refractivity contribution in [2.24, 2.45) is 11.7 Å². The molecule has 2 unspecified atom stereocenters. The fraction of sp³-hybridized carbons (Fsp3) is 1.00. The lowest BCUT2D eigenvalue weighted by Crippen LogP contribution is -2.28. The van der Waals surface area contributed by atoms with Crippen molar-refractivity contribution in [3.05, 3.63) is 0 Å². The molecule has 2 heteroatoms. The smallest absolute Gasteiger partial charge is 0.0208 e. The summed E-state index contributed by atoms with van der Waals surface area (Å²) in [5, 5.41) is 0. The zero-order chi connectivity index (χ0) is 6.85. The summed E-state index contributed by atoms with van der Waals surface area (Å²) in [7, 11) is 2.13. The van der Waals surface area contributed by atoms with Crippen LogP contribution in [0.3, 0.4) is 0 Å². The molecule has 1 saturated heterocycles. The minimum Gasteiger partial charge on any atom is -0.326 e. The Labute approximate surface area is 57.0 Å². The molecule has 1 fully saturated rings. The van der Waals surface area contributed by atoms with Crippen molar-refractivity contribution in [2.45, 2.75) is 19.4 Å². The zero-order valence-corrected chi connectivity index (χ0v) is 6.30. The first-order valence-corrected chi connectivity index (χ1v) is 3.68. The van der Waals surface area contributed by atoms with E-state index in [1.54, 1.807) is 0 Å². The maximum Gasteiger partial charge on any atom is 0.0208 e. The highest BCUT2D eigenvalue weighted by Crippen LogP contribution is 2.15. The molecule has 0 saturated carbocycles. The van der Waals surface area contributed by atoms with Gasteiger partial charge in [-0.3, -0.25) is 0 Å². The number of hydrogen-bond donors (Lipinski definition) is 1. The molecule has 0 bridgehead atoms. The van der Waals surface area contributed by atoms with Crippen molar-refractivity contribution in [3.63, 3.8) is 0 Å². The van der Waals surface area contributed by atoms with Crippen LogP contribution in [0.2, 0.25) is 0 Å². The van der Waals surface area contributed by atoms with Crippen LogP contribution in [-0.2, 0) is 0 Å². The van der Waals surface area contributed by atoms with Crippen LogP contribution >= 0.6 is 0 Å². The Kier molecular flexibility index (Phi) is 2.09. The van der Waals surface area contributed by atoms with E-state index in [9.17, 15) is 0 Å². The van der Waals surface area contributed by atoms with Crippen molar-refractivity contribution in [1.82, 2.24) is 4.90 Å². The Morgan fingerprint density at radius 1 is 1.56 bits per heavy atom. The third-order valence-corrected chi connectivity index (χ3v) is 2.20. The molecule has 2 nitrogen and oxygen atoms in total. The standard InChI is InChI=1S/C7H16N2/c1-3-6-4-9(2)5-7(6)8/h6-7H,3-5,8H2,1-2H3. The van der Waals surface area contributed by atoms with Crippen LogP contribution in [0, 0.1) is 5.92 Å². The third kappa shape index (κ3) is 1.43. The van der Waals surface area contributed by atoms with Gasteiger partial charge >= 0.3 is 0 Å². The summed E-state index contributed by atoms with van der Waals surface area (Å²) in [5.74, 6) is 0.745. The number of nitrogens with two attached hydrogens (primary N) is 1. The van der Waals surface area contributed by atoms with Gasteiger partial charge in [0.15, 0.2) is 0 Å². The maximum absolute atomic E-state index is 5.84. The third-order valence-electron chi connectivity index (χ3n) is 2.20. The van der Waals surface area contributed by atoms with Gasteiger partial charge in [0.25, 0.3) is 0 Å². The van der Waals surface area contributed by atoms with Gasteiger partial charge < -0.3 is 10.6 Å². The van der Waals surface area contributed by atoms with Gasteiger partial charge in [-0.2, -0.15) is 0 Å². The first kappa shape index (κ1) is 7.03.